The van der Waals surface area contributed by atoms with Crippen LogP contribution in [-0.4, -0.2) is 50.1 Å². The van der Waals surface area contributed by atoms with Crippen molar-refractivity contribution in [3.63, 3.8) is 0 Å². The second kappa shape index (κ2) is 8.69. The van der Waals surface area contributed by atoms with Crippen molar-refractivity contribution in [2.45, 2.75) is 34.5 Å². The second-order valence-electron chi connectivity index (χ2n) is 5.15. The SMILES string of the molecule is CC(C)(I)C(=O)OCCN([O])CCOC(=O)C(C)(C)I. The Morgan fingerprint density at radius 1 is 0.900 bits per heavy atom. The number of hydrogen-bond acceptors (Lipinski definition) is 5. The zero-order valence-electron chi connectivity index (χ0n) is 12.1. The zero-order chi connectivity index (χ0) is 16.0. The molecule has 8 heteroatoms. The van der Waals surface area contributed by atoms with Gasteiger partial charge in [0.15, 0.2) is 0 Å². The molecular weight excluding hydrogens is 492 g/mol. The van der Waals surface area contributed by atoms with Crippen LogP contribution in [0.15, 0.2) is 0 Å². The van der Waals surface area contributed by atoms with Crippen LogP contribution in [0.4, 0.5) is 0 Å². The van der Waals surface area contributed by atoms with E-state index in [1.807, 2.05) is 45.2 Å². The number of rotatable bonds is 8. The Kier molecular flexibility index (Phi) is 8.83. The molecule has 20 heavy (non-hydrogen) atoms. The smallest absolute Gasteiger partial charge is 0.321 e. The van der Waals surface area contributed by atoms with E-state index in [4.69, 9.17) is 9.47 Å². The third-order valence-corrected chi connectivity index (χ3v) is 3.00. The maximum absolute atomic E-state index is 11.4. The van der Waals surface area contributed by atoms with E-state index in [9.17, 15) is 14.8 Å². The van der Waals surface area contributed by atoms with Gasteiger partial charge in [0.2, 0.25) is 0 Å². The van der Waals surface area contributed by atoms with Crippen molar-refractivity contribution in [1.29, 1.82) is 0 Å². The topological polar surface area (TPSA) is 75.7 Å². The first kappa shape index (κ1) is 20.3. The summed E-state index contributed by atoms with van der Waals surface area (Å²) in [6.45, 7) is 7.10. The molecule has 0 spiro atoms. The Hall–Kier alpha value is 0.320. The van der Waals surface area contributed by atoms with E-state index in [0.717, 1.165) is 0 Å². The van der Waals surface area contributed by atoms with E-state index >= 15 is 0 Å². The van der Waals surface area contributed by atoms with Gasteiger partial charge in [-0.1, -0.05) is 45.2 Å². The summed E-state index contributed by atoms with van der Waals surface area (Å²) in [4.78, 5) is 22.9. The fourth-order valence-corrected chi connectivity index (χ4v) is 1.25. The fraction of sp³-hybridized carbons (Fsp3) is 0.833. The number of hydroxylamine groups is 2. The quantitative estimate of drug-likeness (QED) is 0.216. The Labute approximate surface area is 146 Å². The van der Waals surface area contributed by atoms with Crippen molar-refractivity contribution in [3.8, 4) is 0 Å². The van der Waals surface area contributed by atoms with Crippen molar-refractivity contribution in [2.24, 2.45) is 0 Å². The van der Waals surface area contributed by atoms with Gasteiger partial charge in [0.1, 0.15) is 20.1 Å². The molecule has 0 rings (SSSR count). The highest BCUT2D eigenvalue weighted by Gasteiger charge is 2.26. The zero-order valence-corrected chi connectivity index (χ0v) is 16.4. The first-order valence-electron chi connectivity index (χ1n) is 6.09. The number of esters is 2. The maximum atomic E-state index is 11.4. The molecule has 0 aliphatic rings. The minimum atomic E-state index is -0.604. The summed E-state index contributed by atoms with van der Waals surface area (Å²) in [6, 6.07) is 0. The van der Waals surface area contributed by atoms with E-state index < -0.39 is 6.84 Å². The van der Waals surface area contributed by atoms with Crippen LogP contribution < -0.4 is 0 Å². The highest BCUT2D eigenvalue weighted by molar-refractivity contribution is 14.1. The molecule has 0 fully saturated rings. The number of alkyl halides is 2. The predicted octanol–water partition coefficient (Wildman–Crippen LogP) is 2.15. The molecule has 1 radical (unpaired) electrons. The summed E-state index contributed by atoms with van der Waals surface area (Å²) in [5.74, 6) is -0.714. The lowest BCUT2D eigenvalue weighted by Crippen LogP contribution is -2.33. The summed E-state index contributed by atoms with van der Waals surface area (Å²) in [7, 11) is 0. The Morgan fingerprint density at radius 2 is 1.20 bits per heavy atom. The summed E-state index contributed by atoms with van der Waals surface area (Å²) >= 11 is 3.94. The van der Waals surface area contributed by atoms with Gasteiger partial charge in [-0.2, -0.15) is 0 Å². The normalized spacial score (nSPS) is 12.4. The molecule has 0 aromatic heterocycles. The van der Waals surface area contributed by atoms with Crippen molar-refractivity contribution in [1.82, 2.24) is 5.06 Å². The molecule has 0 heterocycles. The van der Waals surface area contributed by atoms with E-state index in [-0.39, 0.29) is 38.2 Å². The van der Waals surface area contributed by atoms with Crippen LogP contribution in [0.1, 0.15) is 27.7 Å². The number of halogens is 2. The van der Waals surface area contributed by atoms with Crippen molar-refractivity contribution >= 4 is 57.1 Å². The highest BCUT2D eigenvalue weighted by atomic mass is 127. The van der Waals surface area contributed by atoms with Crippen molar-refractivity contribution in [3.05, 3.63) is 0 Å². The molecule has 0 aliphatic heterocycles. The van der Waals surface area contributed by atoms with Gasteiger partial charge in [0, 0.05) is 0 Å². The predicted molar refractivity (Wildman–Crippen MR) is 90.4 cm³/mol. The second-order valence-corrected chi connectivity index (χ2v) is 10.5. The number of hydrogen-bond donors (Lipinski definition) is 0. The number of carbonyl (C=O) groups excluding carboxylic acids is 2. The van der Waals surface area contributed by atoms with Gasteiger partial charge in [-0.3, -0.25) is 9.59 Å². The average Bonchev–Trinajstić information content (AvgIpc) is 2.26. The van der Waals surface area contributed by atoms with Crippen LogP contribution in [0.3, 0.4) is 0 Å². The molecule has 0 saturated heterocycles. The summed E-state index contributed by atoms with van der Waals surface area (Å²) < 4.78 is 8.71. The standard InChI is InChI=1S/C12H20I2NO5/c1-11(2,13)9(16)19-7-5-15(18)6-8-20-10(17)12(3,4)14/h5-8H2,1-4H3. The molecule has 117 valence electrons. The monoisotopic (exact) mass is 512 g/mol. The van der Waals surface area contributed by atoms with Gasteiger partial charge in [-0.15, -0.1) is 10.3 Å². The average molecular weight is 512 g/mol. The largest absolute Gasteiger partial charge is 0.463 e. The maximum Gasteiger partial charge on any atom is 0.321 e. The van der Waals surface area contributed by atoms with E-state index in [1.165, 1.54) is 0 Å². The molecule has 0 atom stereocenters. The van der Waals surface area contributed by atoms with Crippen LogP contribution in [0, 0.1) is 0 Å². The molecule has 0 N–H and O–H groups in total. The minimum Gasteiger partial charge on any atom is -0.463 e. The van der Waals surface area contributed by atoms with Gasteiger partial charge in [0.05, 0.1) is 13.1 Å². The lowest BCUT2D eigenvalue weighted by atomic mass is 10.2. The Bertz CT molecular complexity index is 304. The van der Waals surface area contributed by atoms with E-state index in [0.29, 0.717) is 5.06 Å². The lowest BCUT2D eigenvalue weighted by molar-refractivity contribution is -0.179. The third kappa shape index (κ3) is 9.29. The molecule has 0 saturated carbocycles. The first-order valence-corrected chi connectivity index (χ1v) is 8.24. The van der Waals surface area contributed by atoms with E-state index in [1.54, 1.807) is 27.7 Å². The minimum absolute atomic E-state index is 0.0283. The van der Waals surface area contributed by atoms with Gasteiger partial charge in [-0.05, 0) is 27.7 Å². The van der Waals surface area contributed by atoms with E-state index in [2.05, 4.69) is 0 Å². The van der Waals surface area contributed by atoms with Crippen LogP contribution in [0.2, 0.25) is 0 Å². The molecule has 0 aromatic carbocycles. The molecule has 0 bridgehead atoms. The number of nitrogens with zero attached hydrogens (tertiary/aromatic N) is 1. The number of ether oxygens (including phenoxy) is 2. The summed E-state index contributed by atoms with van der Waals surface area (Å²) in [5.41, 5.74) is 0. The third-order valence-electron chi connectivity index (χ3n) is 2.12. The first-order chi connectivity index (χ1) is 8.94. The molecule has 0 aromatic rings. The molecular formula is C12H20I2NO5. The van der Waals surface area contributed by atoms with Gasteiger partial charge in [-0.25, -0.2) is 0 Å². The van der Waals surface area contributed by atoms with Crippen LogP contribution in [0.25, 0.3) is 0 Å². The van der Waals surface area contributed by atoms with Crippen molar-refractivity contribution in [2.75, 3.05) is 26.3 Å². The lowest BCUT2D eigenvalue weighted by Gasteiger charge is -2.18. The van der Waals surface area contributed by atoms with Gasteiger partial charge in [0.25, 0.3) is 0 Å². The highest BCUT2D eigenvalue weighted by Crippen LogP contribution is 2.18. The Balaban J connectivity index is 3.78. The van der Waals surface area contributed by atoms with Crippen LogP contribution in [0.5, 0.6) is 0 Å². The Morgan fingerprint density at radius 3 is 1.45 bits per heavy atom. The summed E-state index contributed by atoms with van der Waals surface area (Å²) in [6.07, 6.45) is 0. The molecule has 0 aliphatic carbocycles. The molecule has 0 unspecified atom stereocenters. The summed E-state index contributed by atoms with van der Waals surface area (Å²) in [5, 5.41) is 12.1. The van der Waals surface area contributed by atoms with Crippen LogP contribution in [-0.2, 0) is 24.3 Å². The van der Waals surface area contributed by atoms with Gasteiger partial charge >= 0.3 is 11.9 Å². The van der Waals surface area contributed by atoms with Gasteiger partial charge < -0.3 is 9.47 Å². The molecule has 6 nitrogen and oxygen atoms in total. The number of carbonyl (C=O) groups is 2. The van der Waals surface area contributed by atoms with Crippen molar-refractivity contribution < 1.29 is 24.3 Å². The fourth-order valence-electron chi connectivity index (χ4n) is 0.935. The molecule has 0 amide bonds. The van der Waals surface area contributed by atoms with Crippen LogP contribution >= 0.6 is 45.2 Å².